The molecule has 0 aliphatic heterocycles. The van der Waals surface area contributed by atoms with Crippen molar-refractivity contribution < 1.29 is 19.5 Å². The van der Waals surface area contributed by atoms with E-state index < -0.39 is 5.92 Å². The van der Waals surface area contributed by atoms with E-state index in [1.807, 2.05) is 52.0 Å². The zero-order chi connectivity index (χ0) is 22.3. The summed E-state index contributed by atoms with van der Waals surface area (Å²) in [7, 11) is 0. The maximum atomic E-state index is 12.9. The molecule has 0 amide bonds. The minimum atomic E-state index is -0.786. The lowest BCUT2D eigenvalue weighted by molar-refractivity contribution is -0.137. The molecule has 0 atom stereocenters. The van der Waals surface area contributed by atoms with Crippen molar-refractivity contribution in [2.75, 3.05) is 6.61 Å². The summed E-state index contributed by atoms with van der Waals surface area (Å²) in [4.78, 5) is 31.2. The average molecular weight is 414 g/mol. The van der Waals surface area contributed by atoms with Crippen LogP contribution in [-0.2, 0) is 14.4 Å². The number of rotatable bonds is 9. The summed E-state index contributed by atoms with van der Waals surface area (Å²) in [5.74, 6) is -0.713. The Balaban J connectivity index is 2.14. The highest BCUT2D eigenvalue weighted by atomic mass is 16.6. The van der Waals surface area contributed by atoms with Gasteiger partial charge >= 0.3 is 0 Å². The van der Waals surface area contributed by atoms with Gasteiger partial charge < -0.3 is 9.94 Å². The molecule has 1 saturated carbocycles. The molecular formula is C25H35NO4. The number of carbonyl (C=O) groups excluding carboxylic acids is 2. The Bertz CT molecular complexity index is 796. The molecule has 0 heterocycles. The van der Waals surface area contributed by atoms with Crippen molar-refractivity contribution in [3.8, 4) is 0 Å². The first kappa shape index (κ1) is 23.8. The van der Waals surface area contributed by atoms with Crippen LogP contribution in [0.3, 0.4) is 0 Å². The van der Waals surface area contributed by atoms with Gasteiger partial charge in [-0.1, -0.05) is 62.2 Å². The number of ketones is 2. The van der Waals surface area contributed by atoms with Gasteiger partial charge in [-0.15, -0.1) is 0 Å². The minimum Gasteiger partial charge on any atom is -0.507 e. The fourth-order valence-electron chi connectivity index (χ4n) is 4.04. The second-order valence-electron chi connectivity index (χ2n) is 8.53. The Kier molecular flexibility index (Phi) is 8.39. The lowest BCUT2D eigenvalue weighted by Gasteiger charge is -2.37. The zero-order valence-corrected chi connectivity index (χ0v) is 19.0. The van der Waals surface area contributed by atoms with E-state index >= 15 is 0 Å². The van der Waals surface area contributed by atoms with E-state index in [2.05, 4.69) is 5.16 Å². The van der Waals surface area contributed by atoms with Gasteiger partial charge in [0.15, 0.2) is 0 Å². The van der Waals surface area contributed by atoms with Crippen LogP contribution in [0.5, 0.6) is 0 Å². The van der Waals surface area contributed by atoms with Crippen LogP contribution in [0.15, 0.2) is 35.0 Å². The number of aliphatic hydroxyl groups is 1. The van der Waals surface area contributed by atoms with E-state index in [1.165, 1.54) is 0 Å². The first-order valence-corrected chi connectivity index (χ1v) is 11.0. The van der Waals surface area contributed by atoms with Gasteiger partial charge in [0.05, 0.1) is 5.71 Å². The van der Waals surface area contributed by atoms with Crippen LogP contribution in [0, 0.1) is 18.3 Å². The molecule has 1 fully saturated rings. The molecule has 0 saturated heterocycles. The Hall–Kier alpha value is -2.43. The summed E-state index contributed by atoms with van der Waals surface area (Å²) in [6.07, 6.45) is 3.81. The number of hydrogen-bond donors (Lipinski definition) is 1. The first-order chi connectivity index (χ1) is 14.3. The largest absolute Gasteiger partial charge is 0.507 e. The number of nitrogens with zero attached hydrogens (tertiary/aromatic N) is 1. The fraction of sp³-hybridized carbons (Fsp3) is 0.560. The maximum absolute atomic E-state index is 12.9. The summed E-state index contributed by atoms with van der Waals surface area (Å²) < 4.78 is 0. The number of hydrogen-bond acceptors (Lipinski definition) is 5. The summed E-state index contributed by atoms with van der Waals surface area (Å²) in [5, 5.41) is 14.6. The summed E-state index contributed by atoms with van der Waals surface area (Å²) in [6, 6.07) is 7.58. The third-order valence-corrected chi connectivity index (χ3v) is 6.27. The second-order valence-corrected chi connectivity index (χ2v) is 8.53. The van der Waals surface area contributed by atoms with Crippen LogP contribution >= 0.6 is 0 Å². The fourth-order valence-corrected chi connectivity index (χ4v) is 4.04. The van der Waals surface area contributed by atoms with E-state index in [9.17, 15) is 14.7 Å². The van der Waals surface area contributed by atoms with Gasteiger partial charge in [0, 0.05) is 24.0 Å². The molecule has 1 aliphatic carbocycles. The number of aryl methyl sites for hydroxylation is 1. The van der Waals surface area contributed by atoms with Crippen LogP contribution < -0.4 is 0 Å². The molecule has 5 nitrogen and oxygen atoms in total. The first-order valence-electron chi connectivity index (χ1n) is 11.0. The van der Waals surface area contributed by atoms with E-state index in [-0.39, 0.29) is 29.3 Å². The van der Waals surface area contributed by atoms with Crippen molar-refractivity contribution in [3.05, 3.63) is 41.0 Å². The molecule has 30 heavy (non-hydrogen) atoms. The summed E-state index contributed by atoms with van der Waals surface area (Å²) >= 11 is 0. The highest BCUT2D eigenvalue weighted by Gasteiger charge is 2.44. The molecule has 0 spiro atoms. The molecule has 164 valence electrons. The number of benzene rings is 1. The average Bonchev–Trinajstić information content (AvgIpc) is 2.73. The van der Waals surface area contributed by atoms with Gasteiger partial charge in [-0.25, -0.2) is 0 Å². The van der Waals surface area contributed by atoms with Gasteiger partial charge in [0.2, 0.25) is 0 Å². The third kappa shape index (κ3) is 5.59. The molecule has 0 radical (unpaired) electrons. The molecule has 1 N–H and O–H groups in total. The molecule has 0 bridgehead atoms. The van der Waals surface area contributed by atoms with Crippen LogP contribution in [0.4, 0.5) is 0 Å². The van der Waals surface area contributed by atoms with Crippen LogP contribution in [0.1, 0.15) is 77.3 Å². The monoisotopic (exact) mass is 413 g/mol. The van der Waals surface area contributed by atoms with Crippen molar-refractivity contribution >= 4 is 23.0 Å². The van der Waals surface area contributed by atoms with Crippen molar-refractivity contribution in [3.63, 3.8) is 0 Å². The predicted molar refractivity (Wildman–Crippen MR) is 120 cm³/mol. The van der Waals surface area contributed by atoms with E-state index in [1.54, 1.807) is 6.92 Å². The molecule has 5 heteroatoms. The van der Waals surface area contributed by atoms with Gasteiger partial charge in [-0.05, 0) is 38.5 Å². The van der Waals surface area contributed by atoms with Crippen molar-refractivity contribution in [1.82, 2.24) is 0 Å². The predicted octanol–water partition coefficient (Wildman–Crippen LogP) is 5.81. The highest BCUT2D eigenvalue weighted by Crippen LogP contribution is 2.41. The lowest BCUT2D eigenvalue weighted by atomic mass is 9.65. The molecular weight excluding hydrogens is 378 g/mol. The van der Waals surface area contributed by atoms with Crippen LogP contribution in [-0.4, -0.2) is 29.0 Å². The summed E-state index contributed by atoms with van der Waals surface area (Å²) in [5.41, 5.74) is 2.77. The Morgan fingerprint density at radius 2 is 1.67 bits per heavy atom. The third-order valence-electron chi connectivity index (χ3n) is 6.27. The Morgan fingerprint density at radius 3 is 2.17 bits per heavy atom. The maximum Gasteiger partial charge on any atom is 0.149 e. The second kappa shape index (κ2) is 10.6. The molecule has 1 aliphatic rings. The number of Topliss-reactive ketones (excluding diaryl/α,β-unsaturated/α-hetero) is 2. The van der Waals surface area contributed by atoms with Crippen molar-refractivity contribution in [2.24, 2.45) is 16.5 Å². The van der Waals surface area contributed by atoms with Gasteiger partial charge in [-0.2, -0.15) is 0 Å². The minimum absolute atomic E-state index is 0.0412. The van der Waals surface area contributed by atoms with Crippen LogP contribution in [0.2, 0.25) is 0 Å². The standard InChI is InChI=1S/C25H35NO4/c1-6-9-20(23-21(27)14-25(7-2,8-3)15-22(23)28)26-30-16-18(5)24(29)19-12-10-17(4)11-13-19/h10-13,23,29H,6-9,14-16H2,1-5H3/b24-18-,26-20+. The molecule has 0 unspecified atom stereocenters. The summed E-state index contributed by atoms with van der Waals surface area (Å²) in [6.45, 7) is 9.94. The Morgan fingerprint density at radius 1 is 1.10 bits per heavy atom. The number of aliphatic hydroxyl groups excluding tert-OH is 1. The van der Waals surface area contributed by atoms with Gasteiger partial charge in [0.25, 0.3) is 0 Å². The highest BCUT2D eigenvalue weighted by molar-refractivity contribution is 6.22. The molecule has 0 aromatic heterocycles. The van der Waals surface area contributed by atoms with E-state index in [4.69, 9.17) is 4.84 Å². The lowest BCUT2D eigenvalue weighted by Crippen LogP contribution is -2.43. The van der Waals surface area contributed by atoms with Crippen molar-refractivity contribution in [2.45, 2.75) is 73.1 Å². The number of oxime groups is 1. The van der Waals surface area contributed by atoms with Crippen molar-refractivity contribution in [1.29, 1.82) is 0 Å². The van der Waals surface area contributed by atoms with Gasteiger partial charge in [-0.3, -0.25) is 9.59 Å². The van der Waals surface area contributed by atoms with E-state index in [0.29, 0.717) is 36.1 Å². The smallest absolute Gasteiger partial charge is 0.149 e. The van der Waals surface area contributed by atoms with Gasteiger partial charge in [0.1, 0.15) is 29.9 Å². The SMILES string of the molecule is CCC/C(=N\OC/C(C)=C(\O)c1ccc(C)cc1)C1C(=O)CC(CC)(CC)CC1=O. The van der Waals surface area contributed by atoms with E-state index in [0.717, 1.165) is 24.8 Å². The van der Waals surface area contributed by atoms with Crippen LogP contribution in [0.25, 0.3) is 5.76 Å². The molecule has 1 aromatic carbocycles. The topological polar surface area (TPSA) is 76.0 Å². The molecule has 1 aromatic rings. The molecule has 2 rings (SSSR count). The number of carbonyl (C=O) groups is 2. The Labute approximate surface area is 180 Å². The normalized spacial score (nSPS) is 18.4. The quantitative estimate of drug-likeness (QED) is 0.240. The zero-order valence-electron chi connectivity index (χ0n) is 19.0.